The second kappa shape index (κ2) is 8.90. The molecule has 0 saturated heterocycles. The molecule has 2 N–H and O–H groups in total. The summed E-state index contributed by atoms with van der Waals surface area (Å²) >= 11 is 0. The van der Waals surface area contributed by atoms with Crippen LogP contribution in [0, 0.1) is 5.92 Å². The highest BCUT2D eigenvalue weighted by Crippen LogP contribution is 2.36. The summed E-state index contributed by atoms with van der Waals surface area (Å²) in [5, 5.41) is 7.30. The van der Waals surface area contributed by atoms with Crippen molar-refractivity contribution in [1.29, 1.82) is 0 Å². The van der Waals surface area contributed by atoms with Crippen molar-refractivity contribution in [3.63, 3.8) is 0 Å². The van der Waals surface area contributed by atoms with Gasteiger partial charge in [-0.3, -0.25) is 9.59 Å². The van der Waals surface area contributed by atoms with Crippen LogP contribution in [0.1, 0.15) is 23.2 Å². The minimum Gasteiger partial charge on any atom is -0.495 e. The highest BCUT2D eigenvalue weighted by atomic mass is 16.5. The van der Waals surface area contributed by atoms with E-state index in [2.05, 4.69) is 10.6 Å². The zero-order valence-corrected chi connectivity index (χ0v) is 18.4. The van der Waals surface area contributed by atoms with Crippen LogP contribution in [0.3, 0.4) is 0 Å². The fourth-order valence-electron chi connectivity index (χ4n) is 3.73. The molecule has 0 atom stereocenters. The number of carbonyl (C=O) groups is 3. The molecule has 0 spiro atoms. The molecule has 34 heavy (non-hydrogen) atoms. The maximum absolute atomic E-state index is 12.5. The smallest absolute Gasteiger partial charge is 0.338 e. The highest BCUT2D eigenvalue weighted by molar-refractivity contribution is 6.08. The van der Waals surface area contributed by atoms with E-state index in [1.54, 1.807) is 30.3 Å². The van der Waals surface area contributed by atoms with Crippen LogP contribution >= 0.6 is 0 Å². The number of nitrogens with one attached hydrogen (secondary N) is 2. The van der Waals surface area contributed by atoms with Gasteiger partial charge in [0, 0.05) is 28.4 Å². The standard InChI is InChI=1S/C26H22N2O6/c1-32-23-12-19-18-7-2-3-8-21(18)34-22(19)13-20(23)28-24(29)14-33-26(31)16-5-4-6-17(11-16)27-25(30)15-9-10-15/h2-8,11-13,15H,9-10,14H2,1H3,(H,27,30)(H,28,29). The summed E-state index contributed by atoms with van der Waals surface area (Å²) in [5.74, 6) is -0.745. The predicted molar refractivity (Wildman–Crippen MR) is 127 cm³/mol. The van der Waals surface area contributed by atoms with Crippen LogP contribution in [-0.2, 0) is 14.3 Å². The Kier molecular flexibility index (Phi) is 5.63. The van der Waals surface area contributed by atoms with Crippen LogP contribution in [0.15, 0.2) is 65.1 Å². The van der Waals surface area contributed by atoms with E-state index in [9.17, 15) is 14.4 Å². The molecule has 1 aliphatic rings. The molecular formula is C26H22N2O6. The van der Waals surface area contributed by atoms with Crippen LogP contribution in [0.2, 0.25) is 0 Å². The molecule has 5 rings (SSSR count). The maximum atomic E-state index is 12.5. The van der Waals surface area contributed by atoms with Crippen LogP contribution in [0.5, 0.6) is 5.75 Å². The first-order chi connectivity index (χ1) is 16.5. The minimum absolute atomic E-state index is 0.0510. The van der Waals surface area contributed by atoms with Gasteiger partial charge in [0.25, 0.3) is 5.91 Å². The van der Waals surface area contributed by atoms with Gasteiger partial charge < -0.3 is 24.5 Å². The lowest BCUT2D eigenvalue weighted by Gasteiger charge is -2.11. The number of anilines is 2. The van der Waals surface area contributed by atoms with Crippen LogP contribution in [0.25, 0.3) is 21.9 Å². The second-order valence-corrected chi connectivity index (χ2v) is 8.12. The summed E-state index contributed by atoms with van der Waals surface area (Å²) in [5.41, 5.74) is 2.48. The van der Waals surface area contributed by atoms with E-state index in [1.165, 1.54) is 13.2 Å². The van der Waals surface area contributed by atoms with Gasteiger partial charge in [-0.05, 0) is 43.2 Å². The Labute approximate surface area is 194 Å². The van der Waals surface area contributed by atoms with Crippen molar-refractivity contribution in [1.82, 2.24) is 0 Å². The lowest BCUT2D eigenvalue weighted by atomic mass is 10.1. The molecule has 8 heteroatoms. The summed E-state index contributed by atoms with van der Waals surface area (Å²) in [4.78, 5) is 36.8. The van der Waals surface area contributed by atoms with Crippen molar-refractivity contribution in [2.24, 2.45) is 5.92 Å². The molecule has 0 radical (unpaired) electrons. The van der Waals surface area contributed by atoms with E-state index in [-0.39, 0.29) is 17.4 Å². The molecular weight excluding hydrogens is 436 g/mol. The summed E-state index contributed by atoms with van der Waals surface area (Å²) in [6, 6.07) is 17.5. The third kappa shape index (κ3) is 4.43. The summed E-state index contributed by atoms with van der Waals surface area (Å²) in [6.07, 6.45) is 1.77. The Morgan fingerprint density at radius 1 is 0.941 bits per heavy atom. The summed E-state index contributed by atoms with van der Waals surface area (Å²) in [7, 11) is 1.51. The molecule has 1 fully saturated rings. The minimum atomic E-state index is -0.669. The average molecular weight is 458 g/mol. The maximum Gasteiger partial charge on any atom is 0.338 e. The van der Waals surface area contributed by atoms with Gasteiger partial charge in [0.05, 0.1) is 18.4 Å². The highest BCUT2D eigenvalue weighted by Gasteiger charge is 2.29. The Morgan fingerprint density at radius 3 is 2.56 bits per heavy atom. The van der Waals surface area contributed by atoms with Crippen molar-refractivity contribution < 1.29 is 28.3 Å². The SMILES string of the molecule is COc1cc2c(cc1NC(=O)COC(=O)c1cccc(NC(=O)C3CC3)c1)oc1ccccc12. The van der Waals surface area contributed by atoms with E-state index in [4.69, 9.17) is 13.9 Å². The Morgan fingerprint density at radius 2 is 1.76 bits per heavy atom. The molecule has 0 bridgehead atoms. The number of furan rings is 1. The van der Waals surface area contributed by atoms with Gasteiger partial charge in [0.1, 0.15) is 16.9 Å². The number of fused-ring (bicyclic) bond motifs is 3. The van der Waals surface area contributed by atoms with Gasteiger partial charge in [0.15, 0.2) is 6.61 Å². The fraction of sp³-hybridized carbons (Fsp3) is 0.192. The Bertz CT molecular complexity index is 1420. The van der Waals surface area contributed by atoms with Gasteiger partial charge in [-0.2, -0.15) is 0 Å². The van der Waals surface area contributed by atoms with Crippen LogP contribution in [-0.4, -0.2) is 31.5 Å². The number of carbonyl (C=O) groups excluding carboxylic acids is 3. The Balaban J connectivity index is 1.25. The van der Waals surface area contributed by atoms with Gasteiger partial charge in [-0.1, -0.05) is 24.3 Å². The number of benzene rings is 3. The lowest BCUT2D eigenvalue weighted by Crippen LogP contribution is -2.21. The number of esters is 1. The third-order valence-electron chi connectivity index (χ3n) is 5.62. The van der Waals surface area contributed by atoms with E-state index in [1.807, 2.05) is 24.3 Å². The van der Waals surface area contributed by atoms with Gasteiger partial charge in [-0.25, -0.2) is 4.79 Å². The monoisotopic (exact) mass is 458 g/mol. The lowest BCUT2D eigenvalue weighted by molar-refractivity contribution is -0.119. The third-order valence-corrected chi connectivity index (χ3v) is 5.62. The molecule has 3 aromatic carbocycles. The molecule has 4 aromatic rings. The molecule has 2 amide bonds. The topological polar surface area (TPSA) is 107 Å². The first kappa shape index (κ1) is 21.5. The van der Waals surface area contributed by atoms with Crippen molar-refractivity contribution in [2.75, 3.05) is 24.4 Å². The second-order valence-electron chi connectivity index (χ2n) is 8.12. The molecule has 0 aliphatic heterocycles. The number of para-hydroxylation sites is 1. The average Bonchev–Trinajstić information content (AvgIpc) is 3.64. The number of rotatable bonds is 7. The fourth-order valence-corrected chi connectivity index (χ4v) is 3.73. The van der Waals surface area contributed by atoms with Gasteiger partial charge >= 0.3 is 5.97 Å². The van der Waals surface area contributed by atoms with Crippen molar-refractivity contribution >= 4 is 51.1 Å². The predicted octanol–water partition coefficient (Wildman–Crippen LogP) is 4.74. The number of hydrogen-bond donors (Lipinski definition) is 2. The molecule has 1 heterocycles. The van der Waals surface area contributed by atoms with Crippen molar-refractivity contribution in [3.05, 3.63) is 66.2 Å². The van der Waals surface area contributed by atoms with Gasteiger partial charge in [-0.15, -0.1) is 0 Å². The number of amides is 2. The normalized spacial score (nSPS) is 13.0. The first-order valence-corrected chi connectivity index (χ1v) is 10.9. The van der Waals surface area contributed by atoms with E-state index >= 15 is 0 Å². The van der Waals surface area contributed by atoms with Crippen molar-refractivity contribution in [2.45, 2.75) is 12.8 Å². The van der Waals surface area contributed by atoms with Crippen LogP contribution < -0.4 is 15.4 Å². The quantitative estimate of drug-likeness (QED) is 0.388. The zero-order chi connectivity index (χ0) is 23.7. The van der Waals surface area contributed by atoms with Gasteiger partial charge in [0.2, 0.25) is 5.91 Å². The first-order valence-electron chi connectivity index (χ1n) is 10.9. The zero-order valence-electron chi connectivity index (χ0n) is 18.4. The number of methoxy groups -OCH3 is 1. The molecule has 1 aliphatic carbocycles. The molecule has 1 aromatic heterocycles. The van der Waals surface area contributed by atoms with E-state index in [0.717, 1.165) is 29.2 Å². The number of hydrogen-bond acceptors (Lipinski definition) is 6. The van der Waals surface area contributed by atoms with E-state index < -0.39 is 18.5 Å². The molecule has 8 nitrogen and oxygen atoms in total. The van der Waals surface area contributed by atoms with Crippen molar-refractivity contribution in [3.8, 4) is 5.75 Å². The molecule has 0 unspecified atom stereocenters. The number of ether oxygens (including phenoxy) is 2. The largest absolute Gasteiger partial charge is 0.495 e. The summed E-state index contributed by atoms with van der Waals surface area (Å²) in [6.45, 7) is -0.487. The molecule has 1 saturated carbocycles. The van der Waals surface area contributed by atoms with Crippen LogP contribution in [0.4, 0.5) is 11.4 Å². The summed E-state index contributed by atoms with van der Waals surface area (Å²) < 4.78 is 16.5. The Hall–Kier alpha value is -4.33. The molecule has 172 valence electrons. The van der Waals surface area contributed by atoms with E-state index in [0.29, 0.717) is 22.7 Å².